The van der Waals surface area contributed by atoms with Crippen LogP contribution in [0.2, 0.25) is 0 Å². The predicted molar refractivity (Wildman–Crippen MR) is 394 cm³/mol. The molecule has 1 fully saturated rings. The lowest BCUT2D eigenvalue weighted by atomic mass is 9.97. The summed E-state index contributed by atoms with van der Waals surface area (Å²) in [6, 6.07) is -15.4. The Hall–Kier alpha value is -8.57. The first kappa shape index (κ1) is 92.5. The molecule has 0 aliphatic carbocycles. The minimum Gasteiger partial charge on any atom is -0.480 e. The molecule has 35 nitrogen and oxygen atoms in total. The van der Waals surface area contributed by atoms with E-state index in [1.54, 1.807) is 55.4 Å². The smallest absolute Gasteiger partial charge is 0.326 e. The Labute approximate surface area is 617 Å². The summed E-state index contributed by atoms with van der Waals surface area (Å²) in [4.78, 5) is 194. The first-order chi connectivity index (χ1) is 49.3. The Morgan fingerprint density at radius 1 is 0.552 bits per heavy atom. The van der Waals surface area contributed by atoms with Crippen LogP contribution in [0.25, 0.3) is 0 Å². The number of aliphatic carboxylic acids is 1. The average molecular weight is 1490 g/mol. The number of guanidine groups is 1. The first-order valence-electron chi connectivity index (χ1n) is 37.1. The molecule has 1 aromatic heterocycles. The molecule has 12 amide bonds. The molecule has 2 heterocycles. The number of rotatable bonds is 50. The van der Waals surface area contributed by atoms with Gasteiger partial charge >= 0.3 is 5.97 Å². The number of carboxylic acids is 1. The van der Waals surface area contributed by atoms with Gasteiger partial charge in [-0.05, 0) is 145 Å². The normalized spacial score (nSPS) is 16.7. The molecular weight excluding hydrogens is 1360 g/mol. The summed E-state index contributed by atoms with van der Waals surface area (Å²) in [5, 5.41) is 49.7. The maximum absolute atomic E-state index is 14.8. The molecule has 1 saturated heterocycles. The molecule has 0 unspecified atom stereocenters. The van der Waals surface area contributed by atoms with Gasteiger partial charge in [0.1, 0.15) is 66.5 Å². The van der Waals surface area contributed by atoms with Gasteiger partial charge in [0.15, 0.2) is 5.96 Å². The van der Waals surface area contributed by atoms with Crippen molar-refractivity contribution in [1.29, 1.82) is 0 Å². The van der Waals surface area contributed by atoms with Crippen molar-refractivity contribution in [2.45, 2.75) is 271 Å². The Balaban J connectivity index is 2.51. The fraction of sp³-hybridized carbons (Fsp3) is 0.757. The van der Waals surface area contributed by atoms with Gasteiger partial charge in [-0.25, -0.2) is 9.78 Å². The monoisotopic (exact) mass is 1490 g/mol. The van der Waals surface area contributed by atoms with E-state index in [2.05, 4.69) is 73.4 Å². The fourth-order valence-electron chi connectivity index (χ4n) is 11.8. The number of aromatic amines is 1. The van der Waals surface area contributed by atoms with E-state index < -0.39 is 168 Å². The van der Waals surface area contributed by atoms with Crippen LogP contribution in [0.4, 0.5) is 0 Å². The third-order valence-electron chi connectivity index (χ3n) is 17.8. The highest BCUT2D eigenvalue weighted by Gasteiger charge is 2.42. The number of nitrogens with zero attached hydrogens (tertiary/aromatic N) is 3. The second kappa shape index (κ2) is 47.8. The summed E-state index contributed by atoms with van der Waals surface area (Å²) in [5.41, 5.74) is 29.5. The highest BCUT2D eigenvalue weighted by atomic mass is 16.4. The van der Waals surface area contributed by atoms with Crippen molar-refractivity contribution >= 4 is 82.8 Å². The quantitative estimate of drug-likeness (QED) is 0.0189. The molecule has 0 spiro atoms. The summed E-state index contributed by atoms with van der Waals surface area (Å²) in [7, 11) is 0. The molecule has 0 bridgehead atoms. The molecule has 14 atom stereocenters. The summed E-state index contributed by atoms with van der Waals surface area (Å²) in [6.45, 7) is 22.8. The van der Waals surface area contributed by atoms with Gasteiger partial charge in [0.2, 0.25) is 70.9 Å². The van der Waals surface area contributed by atoms with E-state index in [1.165, 1.54) is 24.3 Å². The standard InChI is InChI=1S/C70H126N20O15/c1-14-42(12)55(73)65(100)87-51(31-39(6)7)68(103)90-28-20-24-53(90)64(99)83-46(22-16-18-26-72)60(95)88-56(41(10)11)66(101)86-49(30-38(4)5)62(97)84-50(33-44-34-76-36-79-44)63(98)82-45(21-15-17-25-71)59(94)81-47(23-19-27-77-70(74)75)61(96)89-57(43(13)91)67(102)85-48(29-37(2)3)58(93)78-35-54(92)80-52(69(104)105)32-40(8)9/h34,36-43,45-53,55-57,91H,14-33,35,71-73H2,1-13H3,(H,76,79)(H,78,93)(H,80,92)(H,81,94)(H,82,98)(H,83,99)(H,84,97)(H,85,102)(H,86,101)(H,87,100)(H,88,95)(H,89,96)(H,104,105)(H4,74,75,77)/t42-,43+,45-,46-,47-,48-,49-,50-,51-,52-,53-,55-,56-,57-/m0/s1. The summed E-state index contributed by atoms with van der Waals surface area (Å²) >= 11 is 0. The summed E-state index contributed by atoms with van der Waals surface area (Å²) in [5.74, 6) is -12.2. The number of nitrogens with one attached hydrogen (secondary N) is 12. The topological polar surface area (TPSA) is 569 Å². The number of amides is 12. The SMILES string of the molecule is CC[C@H](C)[C@H](N)C(=O)N[C@@H](CC(C)C)C(=O)N1CCC[C@H]1C(=O)N[C@@H](CCCCN)C(=O)N[C@H](C(=O)N[C@@H](CC(C)C)C(=O)N[C@@H](Cc1cnc[nH]1)C(=O)N[C@@H](CCCCN)C(=O)N[C@@H](CCCN=C(N)N)C(=O)N[C@H](C(=O)N[C@@H](CC(C)C)C(=O)NCC(=O)N[C@@H](CC(C)C)C(=O)O)[C@@H](C)O)C(C)C. The van der Waals surface area contributed by atoms with E-state index in [1.807, 2.05) is 27.7 Å². The number of aliphatic hydroxyl groups is 1. The van der Waals surface area contributed by atoms with Gasteiger partial charge in [-0.3, -0.25) is 62.5 Å². The molecule has 35 heteroatoms. The van der Waals surface area contributed by atoms with Crippen molar-refractivity contribution in [3.63, 3.8) is 0 Å². The molecule has 1 aromatic rings. The van der Waals surface area contributed by atoms with Gasteiger partial charge in [0.05, 0.1) is 25.0 Å². The van der Waals surface area contributed by atoms with Crippen molar-refractivity contribution in [3.8, 4) is 0 Å². The van der Waals surface area contributed by atoms with E-state index in [4.69, 9.17) is 28.7 Å². The number of aliphatic imine (C=N–C) groups is 1. The number of nitrogens with two attached hydrogens (primary N) is 5. The van der Waals surface area contributed by atoms with Gasteiger partial charge in [-0.2, -0.15) is 0 Å². The number of aliphatic hydroxyl groups excluding tert-OH is 1. The zero-order valence-corrected chi connectivity index (χ0v) is 63.9. The number of hydrogen-bond acceptors (Lipinski definition) is 19. The lowest BCUT2D eigenvalue weighted by Crippen LogP contribution is -2.62. The molecule has 24 N–H and O–H groups in total. The average Bonchev–Trinajstić information content (AvgIpc) is 1.68. The number of carbonyl (C=O) groups excluding carboxylic acids is 12. The van der Waals surface area contributed by atoms with Gasteiger partial charge < -0.3 is 107 Å². The molecule has 0 radical (unpaired) electrons. The molecule has 1 aliphatic heterocycles. The molecule has 0 saturated carbocycles. The second-order valence-corrected chi connectivity index (χ2v) is 29.5. The maximum atomic E-state index is 14.8. The Kier molecular flexibility index (Phi) is 42.1. The molecule has 105 heavy (non-hydrogen) atoms. The summed E-state index contributed by atoms with van der Waals surface area (Å²) < 4.78 is 0. The van der Waals surface area contributed by atoms with E-state index in [0.717, 1.165) is 0 Å². The van der Waals surface area contributed by atoms with Crippen LogP contribution in [0.5, 0.6) is 0 Å². The predicted octanol–water partition coefficient (Wildman–Crippen LogP) is -2.10. The van der Waals surface area contributed by atoms with Crippen LogP contribution in [0.3, 0.4) is 0 Å². The molecule has 596 valence electrons. The van der Waals surface area contributed by atoms with Crippen LogP contribution in [0, 0.1) is 35.5 Å². The van der Waals surface area contributed by atoms with Crippen LogP contribution in [0.1, 0.15) is 192 Å². The second-order valence-electron chi connectivity index (χ2n) is 29.5. The molecule has 1 aliphatic rings. The van der Waals surface area contributed by atoms with Crippen molar-refractivity contribution in [2.24, 2.45) is 69.2 Å². The van der Waals surface area contributed by atoms with E-state index in [9.17, 15) is 72.5 Å². The zero-order chi connectivity index (χ0) is 79.4. The number of likely N-dealkylation sites (tertiary alicyclic amines) is 1. The number of imidazole rings is 1. The van der Waals surface area contributed by atoms with Crippen LogP contribution >= 0.6 is 0 Å². The van der Waals surface area contributed by atoms with Gasteiger partial charge in [-0.1, -0.05) is 89.5 Å². The lowest BCUT2D eigenvalue weighted by Gasteiger charge is -2.32. The third kappa shape index (κ3) is 34.0. The number of carboxylic acid groups (broad SMARTS) is 1. The number of hydrogen-bond donors (Lipinski definition) is 19. The number of carbonyl (C=O) groups is 13. The number of aromatic nitrogens is 2. The lowest BCUT2D eigenvalue weighted by molar-refractivity contribution is -0.143. The molecule has 0 aromatic carbocycles. The summed E-state index contributed by atoms with van der Waals surface area (Å²) in [6.07, 6.45) is 4.20. The fourth-order valence-corrected chi connectivity index (χ4v) is 11.8. The number of unbranched alkanes of at least 4 members (excludes halogenated alkanes) is 2. The third-order valence-corrected chi connectivity index (χ3v) is 17.8. The van der Waals surface area contributed by atoms with Crippen LogP contribution in [-0.4, -0.2) is 219 Å². The van der Waals surface area contributed by atoms with Crippen molar-refractivity contribution in [3.05, 3.63) is 18.2 Å². The van der Waals surface area contributed by atoms with Crippen LogP contribution in [-0.2, 0) is 68.7 Å². The first-order valence-corrected chi connectivity index (χ1v) is 37.1. The molecule has 2 rings (SSSR count). The zero-order valence-electron chi connectivity index (χ0n) is 63.9. The van der Waals surface area contributed by atoms with Gasteiger partial charge in [0, 0.05) is 31.4 Å². The van der Waals surface area contributed by atoms with Gasteiger partial charge in [0.25, 0.3) is 0 Å². The van der Waals surface area contributed by atoms with E-state index >= 15 is 0 Å². The minimum absolute atomic E-state index is 0.0167. The van der Waals surface area contributed by atoms with Gasteiger partial charge in [-0.15, -0.1) is 0 Å². The largest absolute Gasteiger partial charge is 0.480 e. The van der Waals surface area contributed by atoms with Crippen LogP contribution < -0.4 is 87.2 Å². The Morgan fingerprint density at radius 2 is 1.00 bits per heavy atom. The maximum Gasteiger partial charge on any atom is 0.326 e. The minimum atomic E-state index is -1.76. The van der Waals surface area contributed by atoms with Crippen molar-refractivity contribution in [1.82, 2.24) is 73.4 Å². The van der Waals surface area contributed by atoms with Crippen LogP contribution in [0.15, 0.2) is 17.5 Å². The Morgan fingerprint density at radius 3 is 1.49 bits per heavy atom. The Bertz CT molecular complexity index is 2980. The van der Waals surface area contributed by atoms with E-state index in [0.29, 0.717) is 37.8 Å². The van der Waals surface area contributed by atoms with Crippen molar-refractivity contribution < 1.29 is 72.5 Å². The highest BCUT2D eigenvalue weighted by molar-refractivity contribution is 6.00. The van der Waals surface area contributed by atoms with E-state index in [-0.39, 0.29) is 132 Å². The highest BCUT2D eigenvalue weighted by Crippen LogP contribution is 2.23. The van der Waals surface area contributed by atoms with Crippen molar-refractivity contribution in [2.75, 3.05) is 32.7 Å². The molecular formula is C70H126N20O15. The number of H-pyrrole nitrogens is 1.